The molecule has 6 nitrogen and oxygen atoms in total. The van der Waals surface area contributed by atoms with Gasteiger partial charge in [0.25, 0.3) is 5.91 Å². The Labute approximate surface area is 172 Å². The molecule has 0 fully saturated rings. The first-order valence-corrected chi connectivity index (χ1v) is 9.47. The maximum atomic E-state index is 12.8. The van der Waals surface area contributed by atoms with E-state index in [0.717, 1.165) is 16.3 Å². The molecule has 0 bridgehead atoms. The molecule has 0 spiro atoms. The molecule has 6 heteroatoms. The molecule has 0 saturated carbocycles. The van der Waals surface area contributed by atoms with Gasteiger partial charge in [0.15, 0.2) is 5.78 Å². The highest BCUT2D eigenvalue weighted by atomic mass is 16.4. The fourth-order valence-corrected chi connectivity index (χ4v) is 3.35. The minimum absolute atomic E-state index is 0.339. The first kappa shape index (κ1) is 19.4. The topological polar surface area (TPSA) is 96.6 Å². The molecule has 0 aliphatic carbocycles. The molecule has 1 aromatic heterocycles. The number of hydrogen-bond acceptors (Lipinski definition) is 4. The van der Waals surface area contributed by atoms with Crippen LogP contribution in [0, 0.1) is 6.92 Å². The van der Waals surface area contributed by atoms with Crippen molar-refractivity contribution in [3.8, 4) is 0 Å². The Morgan fingerprint density at radius 2 is 1.57 bits per heavy atom. The molecule has 1 unspecified atom stereocenters. The van der Waals surface area contributed by atoms with Crippen molar-refractivity contribution >= 4 is 39.6 Å². The van der Waals surface area contributed by atoms with Crippen molar-refractivity contribution < 1.29 is 23.9 Å². The van der Waals surface area contributed by atoms with Crippen LogP contribution >= 0.6 is 0 Å². The lowest BCUT2D eigenvalue weighted by Crippen LogP contribution is -2.42. The van der Waals surface area contributed by atoms with Gasteiger partial charge in [0.05, 0.1) is 0 Å². The van der Waals surface area contributed by atoms with E-state index in [1.54, 1.807) is 42.5 Å². The van der Waals surface area contributed by atoms with E-state index in [1.807, 2.05) is 31.2 Å². The molecular formula is C24H19NO5. The summed E-state index contributed by atoms with van der Waals surface area (Å²) in [5, 5.41) is 13.6. The monoisotopic (exact) mass is 401 g/mol. The van der Waals surface area contributed by atoms with Crippen LogP contribution in [-0.2, 0) is 4.79 Å². The summed E-state index contributed by atoms with van der Waals surface area (Å²) in [5.74, 6) is -2.18. The lowest BCUT2D eigenvalue weighted by atomic mass is 10.0. The highest BCUT2D eigenvalue weighted by Crippen LogP contribution is 2.29. The van der Waals surface area contributed by atoms with Gasteiger partial charge in [0, 0.05) is 28.3 Å². The number of carbonyl (C=O) groups is 3. The van der Waals surface area contributed by atoms with E-state index in [1.165, 1.54) is 0 Å². The molecule has 3 aromatic carbocycles. The van der Waals surface area contributed by atoms with Crippen molar-refractivity contribution in [3.63, 3.8) is 0 Å². The Morgan fingerprint density at radius 3 is 2.30 bits per heavy atom. The van der Waals surface area contributed by atoms with Crippen LogP contribution in [0.1, 0.15) is 32.7 Å². The number of nitrogens with one attached hydrogen (secondary N) is 1. The molecule has 2 N–H and O–H groups in total. The van der Waals surface area contributed by atoms with Crippen LogP contribution in [0.4, 0.5) is 0 Å². The number of benzene rings is 3. The van der Waals surface area contributed by atoms with Crippen molar-refractivity contribution in [2.45, 2.75) is 19.4 Å². The van der Waals surface area contributed by atoms with Gasteiger partial charge in [0.1, 0.15) is 17.2 Å². The highest BCUT2D eigenvalue weighted by molar-refractivity contribution is 6.09. The number of Topliss-reactive ketones (excluding diaryl/α,β-unsaturated/α-hetero) is 1. The molecule has 30 heavy (non-hydrogen) atoms. The SMILES string of the molecule is Cc1ccc(C(=O)NC(CC(=O)c2ccc3oc4ccccc4c3c2)C(=O)O)cc1. The van der Waals surface area contributed by atoms with Crippen molar-refractivity contribution in [2.24, 2.45) is 0 Å². The number of carbonyl (C=O) groups excluding carboxylic acids is 2. The molecular weight excluding hydrogens is 382 g/mol. The average molecular weight is 401 g/mol. The van der Waals surface area contributed by atoms with E-state index in [2.05, 4.69) is 5.32 Å². The summed E-state index contributed by atoms with van der Waals surface area (Å²) in [7, 11) is 0. The number of hydrogen-bond donors (Lipinski definition) is 2. The molecule has 4 aromatic rings. The van der Waals surface area contributed by atoms with Crippen LogP contribution in [0.3, 0.4) is 0 Å². The normalized spacial score (nSPS) is 12.0. The van der Waals surface area contributed by atoms with Gasteiger partial charge < -0.3 is 14.8 Å². The largest absolute Gasteiger partial charge is 0.480 e. The predicted octanol–water partition coefficient (Wildman–Crippen LogP) is 4.35. The third kappa shape index (κ3) is 3.80. The average Bonchev–Trinajstić information content (AvgIpc) is 3.11. The summed E-state index contributed by atoms with van der Waals surface area (Å²) in [4.78, 5) is 36.8. The minimum atomic E-state index is -1.33. The van der Waals surface area contributed by atoms with Crippen molar-refractivity contribution in [2.75, 3.05) is 0 Å². The predicted molar refractivity (Wildman–Crippen MR) is 113 cm³/mol. The summed E-state index contributed by atoms with van der Waals surface area (Å²) in [6.07, 6.45) is -0.353. The van der Waals surface area contributed by atoms with Crippen molar-refractivity contribution in [3.05, 3.63) is 83.4 Å². The van der Waals surface area contributed by atoms with Gasteiger partial charge in [-0.2, -0.15) is 0 Å². The Kier molecular flexibility index (Phi) is 5.06. The summed E-state index contributed by atoms with van der Waals surface area (Å²) in [6.45, 7) is 1.89. The molecule has 0 aliphatic rings. The zero-order valence-electron chi connectivity index (χ0n) is 16.2. The minimum Gasteiger partial charge on any atom is -0.480 e. The second kappa shape index (κ2) is 7.83. The van der Waals surface area contributed by atoms with Gasteiger partial charge in [-0.15, -0.1) is 0 Å². The second-order valence-electron chi connectivity index (χ2n) is 7.17. The molecule has 0 saturated heterocycles. The van der Waals surface area contributed by atoms with Gasteiger partial charge in [-0.05, 0) is 43.3 Å². The van der Waals surface area contributed by atoms with E-state index in [-0.39, 0.29) is 12.2 Å². The van der Waals surface area contributed by atoms with Gasteiger partial charge in [-0.1, -0.05) is 35.9 Å². The summed E-state index contributed by atoms with van der Waals surface area (Å²) in [5.41, 5.74) is 3.05. The van der Waals surface area contributed by atoms with Gasteiger partial charge in [0.2, 0.25) is 0 Å². The van der Waals surface area contributed by atoms with Crippen LogP contribution in [0.5, 0.6) is 0 Å². The number of amides is 1. The number of ketones is 1. The third-order valence-electron chi connectivity index (χ3n) is 5.01. The quantitative estimate of drug-likeness (QED) is 0.468. The van der Waals surface area contributed by atoms with E-state index in [9.17, 15) is 19.5 Å². The zero-order valence-corrected chi connectivity index (χ0v) is 16.2. The van der Waals surface area contributed by atoms with E-state index in [0.29, 0.717) is 22.3 Å². The molecule has 1 atom stereocenters. The molecule has 0 radical (unpaired) electrons. The number of aryl methyl sites for hydroxylation is 1. The Morgan fingerprint density at radius 1 is 0.900 bits per heavy atom. The number of rotatable bonds is 6. The smallest absolute Gasteiger partial charge is 0.326 e. The molecule has 1 heterocycles. The highest BCUT2D eigenvalue weighted by Gasteiger charge is 2.25. The molecule has 150 valence electrons. The first-order chi connectivity index (χ1) is 14.4. The Hall–Kier alpha value is -3.93. The molecule has 1 amide bonds. The molecule has 0 aliphatic heterocycles. The number of para-hydroxylation sites is 1. The number of aliphatic carboxylic acids is 1. The maximum Gasteiger partial charge on any atom is 0.326 e. The van der Waals surface area contributed by atoms with E-state index < -0.39 is 17.9 Å². The Balaban J connectivity index is 1.55. The summed E-state index contributed by atoms with van der Waals surface area (Å²) < 4.78 is 5.75. The summed E-state index contributed by atoms with van der Waals surface area (Å²) >= 11 is 0. The lowest BCUT2D eigenvalue weighted by molar-refractivity contribution is -0.139. The van der Waals surface area contributed by atoms with Crippen LogP contribution in [-0.4, -0.2) is 28.8 Å². The third-order valence-corrected chi connectivity index (χ3v) is 5.01. The van der Waals surface area contributed by atoms with E-state index >= 15 is 0 Å². The van der Waals surface area contributed by atoms with Crippen LogP contribution in [0.2, 0.25) is 0 Å². The lowest BCUT2D eigenvalue weighted by Gasteiger charge is -2.14. The summed E-state index contributed by atoms with van der Waals surface area (Å²) in [6, 6.07) is 17.9. The van der Waals surface area contributed by atoms with Crippen LogP contribution in [0.15, 0.2) is 71.1 Å². The number of carboxylic acid groups (broad SMARTS) is 1. The maximum absolute atomic E-state index is 12.8. The fourth-order valence-electron chi connectivity index (χ4n) is 3.35. The standard InChI is InChI=1S/C24H19NO5/c1-14-6-8-15(9-7-14)23(27)25-19(24(28)29)13-20(26)16-10-11-22-18(12-16)17-4-2-3-5-21(17)30-22/h2-12,19H,13H2,1H3,(H,25,27)(H,28,29). The van der Waals surface area contributed by atoms with E-state index in [4.69, 9.17) is 4.42 Å². The van der Waals surface area contributed by atoms with Gasteiger partial charge >= 0.3 is 5.97 Å². The first-order valence-electron chi connectivity index (χ1n) is 9.47. The molecule has 4 rings (SSSR count). The number of carboxylic acids is 1. The van der Waals surface area contributed by atoms with Crippen LogP contribution < -0.4 is 5.32 Å². The van der Waals surface area contributed by atoms with Crippen molar-refractivity contribution in [1.82, 2.24) is 5.32 Å². The number of fused-ring (bicyclic) bond motifs is 3. The Bertz CT molecular complexity index is 1270. The zero-order chi connectivity index (χ0) is 21.3. The second-order valence-corrected chi connectivity index (χ2v) is 7.17. The van der Waals surface area contributed by atoms with Gasteiger partial charge in [-0.3, -0.25) is 9.59 Å². The fraction of sp³-hybridized carbons (Fsp3) is 0.125. The van der Waals surface area contributed by atoms with Gasteiger partial charge in [-0.25, -0.2) is 4.79 Å². The van der Waals surface area contributed by atoms with Crippen LogP contribution in [0.25, 0.3) is 21.9 Å². The van der Waals surface area contributed by atoms with Crippen molar-refractivity contribution in [1.29, 1.82) is 0 Å². The number of furan rings is 1.